The van der Waals surface area contributed by atoms with Gasteiger partial charge < -0.3 is 19.7 Å². The standard InChI is InChI=1S/C22H27F2N3O3/c1-3-27(17-11-12-26(15-17)14-16-7-5-4-6-8-16)22(28)25-19-13-18(29-2)9-10-20(19)30-21(23)24/h4-10,13,17,21H,3,11-12,14-15H2,1-2H3,(H,25,28)/t17-/m1/s1. The van der Waals surface area contributed by atoms with Crippen molar-refractivity contribution in [3.05, 3.63) is 54.1 Å². The number of alkyl halides is 2. The fourth-order valence-electron chi connectivity index (χ4n) is 3.74. The van der Waals surface area contributed by atoms with Crippen molar-refractivity contribution in [1.82, 2.24) is 9.80 Å². The van der Waals surface area contributed by atoms with Gasteiger partial charge in [0, 0.05) is 38.3 Å². The Hall–Kier alpha value is -2.87. The fraction of sp³-hybridized carbons (Fsp3) is 0.409. The Bertz CT molecular complexity index is 836. The van der Waals surface area contributed by atoms with E-state index in [0.29, 0.717) is 12.3 Å². The Kier molecular flexibility index (Phi) is 7.46. The van der Waals surface area contributed by atoms with Crippen molar-refractivity contribution in [2.75, 3.05) is 32.1 Å². The van der Waals surface area contributed by atoms with Crippen LogP contribution in [0.2, 0.25) is 0 Å². The molecule has 0 saturated carbocycles. The lowest BCUT2D eigenvalue weighted by molar-refractivity contribution is -0.0494. The monoisotopic (exact) mass is 419 g/mol. The molecule has 1 saturated heterocycles. The minimum absolute atomic E-state index is 0.0452. The quantitative estimate of drug-likeness (QED) is 0.688. The van der Waals surface area contributed by atoms with Crippen LogP contribution in [0.3, 0.4) is 0 Å². The predicted octanol–water partition coefficient (Wildman–Crippen LogP) is 4.42. The van der Waals surface area contributed by atoms with Gasteiger partial charge in [0.25, 0.3) is 0 Å². The van der Waals surface area contributed by atoms with Crippen LogP contribution in [-0.2, 0) is 6.54 Å². The summed E-state index contributed by atoms with van der Waals surface area (Å²) in [5, 5.41) is 2.71. The van der Waals surface area contributed by atoms with Crippen molar-refractivity contribution < 1.29 is 23.0 Å². The van der Waals surface area contributed by atoms with Gasteiger partial charge in [-0.25, -0.2) is 4.79 Å². The molecule has 30 heavy (non-hydrogen) atoms. The zero-order valence-corrected chi connectivity index (χ0v) is 17.2. The molecule has 6 nitrogen and oxygen atoms in total. The molecule has 1 fully saturated rings. The number of rotatable bonds is 8. The maximum atomic E-state index is 12.9. The summed E-state index contributed by atoms with van der Waals surface area (Å²) in [6.07, 6.45) is 0.854. The molecular formula is C22H27F2N3O3. The lowest BCUT2D eigenvalue weighted by Crippen LogP contribution is -2.44. The molecule has 1 N–H and O–H groups in total. The number of benzene rings is 2. The number of ether oxygens (including phenoxy) is 2. The molecule has 1 heterocycles. The molecule has 2 aromatic carbocycles. The highest BCUT2D eigenvalue weighted by Gasteiger charge is 2.30. The molecule has 1 atom stereocenters. The highest BCUT2D eigenvalue weighted by molar-refractivity contribution is 5.91. The van der Waals surface area contributed by atoms with E-state index in [9.17, 15) is 13.6 Å². The zero-order chi connectivity index (χ0) is 21.5. The maximum Gasteiger partial charge on any atom is 0.387 e. The second-order valence-corrected chi connectivity index (χ2v) is 7.12. The summed E-state index contributed by atoms with van der Waals surface area (Å²) in [7, 11) is 1.47. The van der Waals surface area contributed by atoms with E-state index < -0.39 is 6.61 Å². The minimum Gasteiger partial charge on any atom is -0.497 e. The van der Waals surface area contributed by atoms with Crippen LogP contribution in [0.25, 0.3) is 0 Å². The van der Waals surface area contributed by atoms with Crippen molar-refractivity contribution in [2.45, 2.75) is 32.5 Å². The van der Waals surface area contributed by atoms with E-state index in [1.807, 2.05) is 25.1 Å². The van der Waals surface area contributed by atoms with Gasteiger partial charge >= 0.3 is 12.6 Å². The summed E-state index contributed by atoms with van der Waals surface area (Å²) in [6.45, 7) is 1.90. The largest absolute Gasteiger partial charge is 0.497 e. The van der Waals surface area contributed by atoms with E-state index in [1.54, 1.807) is 4.90 Å². The minimum atomic E-state index is -2.99. The first-order valence-corrected chi connectivity index (χ1v) is 9.97. The van der Waals surface area contributed by atoms with E-state index in [0.717, 1.165) is 26.1 Å². The second kappa shape index (κ2) is 10.2. The van der Waals surface area contributed by atoms with E-state index in [1.165, 1.54) is 30.9 Å². The van der Waals surface area contributed by atoms with Crippen LogP contribution in [0.5, 0.6) is 11.5 Å². The van der Waals surface area contributed by atoms with E-state index in [-0.39, 0.29) is 23.5 Å². The molecule has 8 heteroatoms. The average Bonchev–Trinajstić information content (AvgIpc) is 3.18. The summed E-state index contributed by atoms with van der Waals surface area (Å²) in [4.78, 5) is 17.0. The van der Waals surface area contributed by atoms with Crippen molar-refractivity contribution in [3.8, 4) is 11.5 Å². The van der Waals surface area contributed by atoms with Crippen molar-refractivity contribution in [1.29, 1.82) is 0 Å². The number of nitrogens with zero attached hydrogens (tertiary/aromatic N) is 2. The lowest BCUT2D eigenvalue weighted by Gasteiger charge is -2.28. The van der Waals surface area contributed by atoms with E-state index >= 15 is 0 Å². The Balaban J connectivity index is 1.66. The normalized spacial score (nSPS) is 16.5. The third-order valence-corrected chi connectivity index (χ3v) is 5.18. The lowest BCUT2D eigenvalue weighted by atomic mass is 10.2. The van der Waals surface area contributed by atoms with E-state index in [4.69, 9.17) is 4.74 Å². The molecule has 0 radical (unpaired) electrons. The van der Waals surface area contributed by atoms with Crippen LogP contribution in [0.1, 0.15) is 18.9 Å². The molecule has 0 spiro atoms. The Labute approximate surface area is 175 Å². The molecule has 1 aliphatic heterocycles. The van der Waals surface area contributed by atoms with Crippen molar-refractivity contribution in [2.24, 2.45) is 0 Å². The Morgan fingerprint density at radius 3 is 2.70 bits per heavy atom. The summed E-state index contributed by atoms with van der Waals surface area (Å²) < 4.78 is 35.1. The summed E-state index contributed by atoms with van der Waals surface area (Å²) in [5.74, 6) is 0.331. The molecule has 0 aromatic heterocycles. The first kappa shape index (κ1) is 21.8. The van der Waals surface area contributed by atoms with Gasteiger partial charge in [0.1, 0.15) is 11.5 Å². The van der Waals surface area contributed by atoms with Crippen LogP contribution in [0.4, 0.5) is 19.3 Å². The van der Waals surface area contributed by atoms with Crippen molar-refractivity contribution in [3.63, 3.8) is 0 Å². The van der Waals surface area contributed by atoms with Crippen LogP contribution in [0, 0.1) is 0 Å². The molecule has 3 rings (SSSR count). The molecule has 0 unspecified atom stereocenters. The Morgan fingerprint density at radius 2 is 2.03 bits per heavy atom. The van der Waals surface area contributed by atoms with Gasteiger partial charge in [-0.1, -0.05) is 30.3 Å². The SMILES string of the molecule is CCN(C(=O)Nc1cc(OC)ccc1OC(F)F)[C@@H]1CCN(Cc2ccccc2)C1. The van der Waals surface area contributed by atoms with Gasteiger partial charge in [0.15, 0.2) is 0 Å². The van der Waals surface area contributed by atoms with Crippen LogP contribution < -0.4 is 14.8 Å². The third kappa shape index (κ3) is 5.60. The smallest absolute Gasteiger partial charge is 0.387 e. The summed E-state index contributed by atoms with van der Waals surface area (Å²) >= 11 is 0. The number of likely N-dealkylation sites (tertiary alicyclic amines) is 1. The molecule has 0 aliphatic carbocycles. The van der Waals surface area contributed by atoms with Gasteiger partial charge in [-0.3, -0.25) is 4.90 Å². The molecule has 1 aliphatic rings. The van der Waals surface area contributed by atoms with Crippen LogP contribution in [-0.4, -0.2) is 55.2 Å². The summed E-state index contributed by atoms with van der Waals surface area (Å²) in [6, 6.07) is 14.2. The van der Waals surface area contributed by atoms with Crippen LogP contribution in [0.15, 0.2) is 48.5 Å². The zero-order valence-electron chi connectivity index (χ0n) is 17.2. The molecule has 2 amide bonds. The topological polar surface area (TPSA) is 54.0 Å². The number of amides is 2. The number of halogens is 2. The number of carbonyl (C=O) groups excluding carboxylic acids is 1. The number of nitrogens with one attached hydrogen (secondary N) is 1. The van der Waals surface area contributed by atoms with Gasteiger partial charge in [0.2, 0.25) is 0 Å². The summed E-state index contributed by atoms with van der Waals surface area (Å²) in [5.41, 5.74) is 1.38. The average molecular weight is 419 g/mol. The van der Waals surface area contributed by atoms with Crippen LogP contribution >= 0.6 is 0 Å². The number of urea groups is 1. The van der Waals surface area contributed by atoms with Gasteiger partial charge in [-0.2, -0.15) is 8.78 Å². The molecule has 162 valence electrons. The van der Waals surface area contributed by atoms with Gasteiger partial charge in [-0.05, 0) is 31.0 Å². The molecular weight excluding hydrogens is 392 g/mol. The molecule has 0 bridgehead atoms. The Morgan fingerprint density at radius 1 is 1.27 bits per heavy atom. The fourth-order valence-corrected chi connectivity index (χ4v) is 3.74. The maximum absolute atomic E-state index is 12.9. The first-order valence-electron chi connectivity index (χ1n) is 9.97. The first-order chi connectivity index (χ1) is 14.5. The van der Waals surface area contributed by atoms with Gasteiger partial charge in [-0.15, -0.1) is 0 Å². The van der Waals surface area contributed by atoms with E-state index in [2.05, 4.69) is 27.1 Å². The number of likely N-dealkylation sites (N-methyl/N-ethyl adjacent to an activating group) is 1. The number of methoxy groups -OCH3 is 1. The highest BCUT2D eigenvalue weighted by atomic mass is 19.3. The second-order valence-electron chi connectivity index (χ2n) is 7.12. The number of anilines is 1. The molecule has 2 aromatic rings. The predicted molar refractivity (Wildman–Crippen MR) is 111 cm³/mol. The van der Waals surface area contributed by atoms with Gasteiger partial charge in [0.05, 0.1) is 12.8 Å². The number of hydrogen-bond acceptors (Lipinski definition) is 4. The third-order valence-electron chi connectivity index (χ3n) is 5.18. The highest BCUT2D eigenvalue weighted by Crippen LogP contribution is 2.31. The number of hydrogen-bond donors (Lipinski definition) is 1. The number of carbonyl (C=O) groups is 1. The van der Waals surface area contributed by atoms with Crippen molar-refractivity contribution >= 4 is 11.7 Å².